The first-order valence-corrected chi connectivity index (χ1v) is 6.74. The molecule has 0 heterocycles. The lowest BCUT2D eigenvalue weighted by atomic mass is 9.89. The van der Waals surface area contributed by atoms with Crippen LogP contribution < -0.4 is 5.32 Å². The number of halogens is 1. The van der Waals surface area contributed by atoms with Crippen LogP contribution in [0.1, 0.15) is 38.3 Å². The molecule has 1 rings (SSSR count). The van der Waals surface area contributed by atoms with Crippen molar-refractivity contribution in [1.29, 1.82) is 0 Å². The number of carbonyl (C=O) groups is 2. The summed E-state index contributed by atoms with van der Waals surface area (Å²) in [6.45, 7) is 5.63. The minimum atomic E-state index is -1.07. The molecular formula is C16H20FNO3. The molecule has 0 aromatic heterocycles. The van der Waals surface area contributed by atoms with Gasteiger partial charge in [-0.25, -0.2) is 9.18 Å². The lowest BCUT2D eigenvalue weighted by Gasteiger charge is -2.21. The van der Waals surface area contributed by atoms with Crippen LogP contribution in [0.15, 0.2) is 24.3 Å². The number of nitrogens with one attached hydrogen (secondary N) is 1. The van der Waals surface area contributed by atoms with Gasteiger partial charge in [-0.1, -0.05) is 26.8 Å². The maximum absolute atomic E-state index is 13.7. The van der Waals surface area contributed by atoms with Gasteiger partial charge in [-0.05, 0) is 30.2 Å². The highest BCUT2D eigenvalue weighted by molar-refractivity contribution is 5.85. The molecule has 114 valence electrons. The van der Waals surface area contributed by atoms with Crippen molar-refractivity contribution in [2.75, 3.05) is 0 Å². The Kier molecular flexibility index (Phi) is 5.64. The van der Waals surface area contributed by atoms with E-state index in [2.05, 4.69) is 5.32 Å². The van der Waals surface area contributed by atoms with Crippen LogP contribution in [0.5, 0.6) is 0 Å². The SMILES string of the molecule is CCC(C)(C)C(=O)NCc1cc(C=CC(=O)O)ccc1F. The van der Waals surface area contributed by atoms with Crippen LogP contribution >= 0.6 is 0 Å². The molecule has 0 fully saturated rings. The Balaban J connectivity index is 2.81. The second kappa shape index (κ2) is 7.02. The number of carboxylic acid groups (broad SMARTS) is 1. The molecule has 0 spiro atoms. The zero-order valence-corrected chi connectivity index (χ0v) is 12.4. The number of hydrogen-bond donors (Lipinski definition) is 2. The molecule has 0 radical (unpaired) electrons. The quantitative estimate of drug-likeness (QED) is 0.792. The molecule has 0 saturated carbocycles. The number of hydrogen-bond acceptors (Lipinski definition) is 2. The Morgan fingerprint density at radius 2 is 2.05 bits per heavy atom. The van der Waals surface area contributed by atoms with Gasteiger partial charge in [0.25, 0.3) is 0 Å². The van der Waals surface area contributed by atoms with E-state index in [1.807, 2.05) is 20.8 Å². The predicted molar refractivity (Wildman–Crippen MR) is 79.0 cm³/mol. The Morgan fingerprint density at radius 3 is 2.62 bits per heavy atom. The summed E-state index contributed by atoms with van der Waals surface area (Å²) in [6.07, 6.45) is 3.04. The van der Waals surface area contributed by atoms with E-state index in [4.69, 9.17) is 5.11 Å². The van der Waals surface area contributed by atoms with Crippen LogP contribution in [0.25, 0.3) is 6.08 Å². The molecule has 1 aromatic carbocycles. The van der Waals surface area contributed by atoms with E-state index in [1.54, 1.807) is 0 Å². The van der Waals surface area contributed by atoms with Gasteiger partial charge in [0.1, 0.15) is 5.82 Å². The molecule has 0 aliphatic carbocycles. The summed E-state index contributed by atoms with van der Waals surface area (Å²) in [7, 11) is 0. The number of carbonyl (C=O) groups excluding carboxylic acids is 1. The first-order chi connectivity index (χ1) is 9.76. The van der Waals surface area contributed by atoms with Crippen LogP contribution in [0.3, 0.4) is 0 Å². The van der Waals surface area contributed by atoms with Crippen molar-refractivity contribution >= 4 is 18.0 Å². The van der Waals surface area contributed by atoms with Crippen molar-refractivity contribution < 1.29 is 19.1 Å². The van der Waals surface area contributed by atoms with Crippen molar-refractivity contribution in [2.45, 2.75) is 33.7 Å². The van der Waals surface area contributed by atoms with Crippen molar-refractivity contribution in [2.24, 2.45) is 5.41 Å². The molecule has 1 aromatic rings. The van der Waals surface area contributed by atoms with Crippen molar-refractivity contribution in [1.82, 2.24) is 5.32 Å². The maximum atomic E-state index is 13.7. The molecule has 0 aliphatic rings. The monoisotopic (exact) mass is 293 g/mol. The van der Waals surface area contributed by atoms with Gasteiger partial charge in [0.05, 0.1) is 0 Å². The molecule has 4 nitrogen and oxygen atoms in total. The van der Waals surface area contributed by atoms with E-state index in [0.29, 0.717) is 17.5 Å². The second-order valence-corrected chi connectivity index (χ2v) is 5.44. The first kappa shape index (κ1) is 16.9. The summed E-state index contributed by atoms with van der Waals surface area (Å²) in [4.78, 5) is 22.4. The van der Waals surface area contributed by atoms with Crippen LogP contribution in [0, 0.1) is 11.2 Å². The fraction of sp³-hybridized carbons (Fsp3) is 0.375. The third-order valence-electron chi connectivity index (χ3n) is 3.43. The number of rotatable bonds is 6. The highest BCUT2D eigenvalue weighted by Gasteiger charge is 2.24. The molecule has 0 saturated heterocycles. The first-order valence-electron chi connectivity index (χ1n) is 6.74. The largest absolute Gasteiger partial charge is 0.478 e. The molecule has 0 atom stereocenters. The van der Waals surface area contributed by atoms with E-state index < -0.39 is 17.2 Å². The van der Waals surface area contributed by atoms with E-state index >= 15 is 0 Å². The Morgan fingerprint density at radius 1 is 1.38 bits per heavy atom. The summed E-state index contributed by atoms with van der Waals surface area (Å²) in [6, 6.07) is 4.26. The van der Waals surface area contributed by atoms with E-state index in [1.165, 1.54) is 24.3 Å². The highest BCUT2D eigenvalue weighted by Crippen LogP contribution is 2.20. The number of benzene rings is 1. The minimum absolute atomic E-state index is 0.0723. The van der Waals surface area contributed by atoms with Gasteiger partial charge < -0.3 is 10.4 Å². The van der Waals surface area contributed by atoms with Crippen LogP contribution in [-0.4, -0.2) is 17.0 Å². The van der Waals surface area contributed by atoms with Gasteiger partial charge in [0.2, 0.25) is 5.91 Å². The normalized spacial score (nSPS) is 11.6. The standard InChI is InChI=1S/C16H20FNO3/c1-4-16(2,3)15(21)18-10-12-9-11(5-7-13(12)17)6-8-14(19)20/h5-9H,4,10H2,1-3H3,(H,18,21)(H,19,20). The average molecular weight is 293 g/mol. The molecule has 21 heavy (non-hydrogen) atoms. The molecule has 0 aliphatic heterocycles. The predicted octanol–water partition coefficient (Wildman–Crippen LogP) is 2.98. The van der Waals surface area contributed by atoms with Gasteiger partial charge in [-0.3, -0.25) is 4.79 Å². The van der Waals surface area contributed by atoms with Gasteiger partial charge >= 0.3 is 5.97 Å². The lowest BCUT2D eigenvalue weighted by molar-refractivity contribution is -0.131. The zero-order valence-electron chi connectivity index (χ0n) is 12.4. The molecule has 1 amide bonds. The van der Waals surface area contributed by atoms with Crippen LogP contribution in [-0.2, 0) is 16.1 Å². The number of carboxylic acids is 1. The summed E-state index contributed by atoms with van der Waals surface area (Å²) < 4.78 is 13.7. The Hall–Kier alpha value is -2.17. The van der Waals surface area contributed by atoms with Crippen LogP contribution in [0.2, 0.25) is 0 Å². The fourth-order valence-electron chi connectivity index (χ4n) is 1.58. The Labute approximate surface area is 123 Å². The lowest BCUT2D eigenvalue weighted by Crippen LogP contribution is -2.36. The summed E-state index contributed by atoms with van der Waals surface area (Å²) >= 11 is 0. The second-order valence-electron chi connectivity index (χ2n) is 5.44. The number of aliphatic carboxylic acids is 1. The smallest absolute Gasteiger partial charge is 0.328 e. The summed E-state index contributed by atoms with van der Waals surface area (Å²) in [5.41, 5.74) is 0.387. The van der Waals surface area contributed by atoms with E-state index in [-0.39, 0.29) is 12.5 Å². The van der Waals surface area contributed by atoms with E-state index in [0.717, 1.165) is 6.08 Å². The number of amides is 1. The summed E-state index contributed by atoms with van der Waals surface area (Å²) in [5.74, 6) is -1.65. The van der Waals surface area contributed by atoms with Crippen molar-refractivity contribution in [3.05, 3.63) is 41.2 Å². The molecular weight excluding hydrogens is 273 g/mol. The van der Waals surface area contributed by atoms with Gasteiger partial charge in [0.15, 0.2) is 0 Å². The van der Waals surface area contributed by atoms with Gasteiger partial charge in [-0.15, -0.1) is 0 Å². The molecule has 2 N–H and O–H groups in total. The van der Waals surface area contributed by atoms with E-state index in [9.17, 15) is 14.0 Å². The summed E-state index contributed by atoms with van der Waals surface area (Å²) in [5, 5.41) is 11.3. The zero-order chi connectivity index (χ0) is 16.0. The average Bonchev–Trinajstić information content (AvgIpc) is 2.44. The minimum Gasteiger partial charge on any atom is -0.478 e. The van der Waals surface area contributed by atoms with Gasteiger partial charge in [0, 0.05) is 23.6 Å². The third kappa shape index (κ3) is 5.02. The van der Waals surface area contributed by atoms with Crippen LogP contribution in [0.4, 0.5) is 4.39 Å². The topological polar surface area (TPSA) is 66.4 Å². The maximum Gasteiger partial charge on any atom is 0.328 e. The van der Waals surface area contributed by atoms with Gasteiger partial charge in [-0.2, -0.15) is 0 Å². The van der Waals surface area contributed by atoms with Crippen molar-refractivity contribution in [3.63, 3.8) is 0 Å². The molecule has 0 bridgehead atoms. The molecule has 0 unspecified atom stereocenters. The highest BCUT2D eigenvalue weighted by atomic mass is 19.1. The fourth-order valence-corrected chi connectivity index (χ4v) is 1.58. The molecule has 5 heteroatoms. The third-order valence-corrected chi connectivity index (χ3v) is 3.43. The Bertz CT molecular complexity index is 565. The van der Waals surface area contributed by atoms with Crippen molar-refractivity contribution in [3.8, 4) is 0 Å².